The predicted octanol–water partition coefficient (Wildman–Crippen LogP) is 13.8. The summed E-state index contributed by atoms with van der Waals surface area (Å²) < 4.78 is 9.38. The van der Waals surface area contributed by atoms with Crippen molar-refractivity contribution in [3.63, 3.8) is 0 Å². The van der Waals surface area contributed by atoms with Crippen molar-refractivity contribution in [3.05, 3.63) is 158 Å². The highest BCUT2D eigenvalue weighted by Gasteiger charge is 2.24. The van der Waals surface area contributed by atoms with Crippen LogP contribution >= 0.6 is 0 Å². The average molecular weight is 642 g/mol. The fourth-order valence-electron chi connectivity index (χ4n) is 8.38. The van der Waals surface area contributed by atoms with Crippen LogP contribution in [0, 0.1) is 0 Å². The topological polar surface area (TPSA) is 18.1 Å². The molecule has 238 valence electrons. The van der Waals surface area contributed by atoms with Crippen molar-refractivity contribution in [2.24, 2.45) is 0 Å². The predicted molar refractivity (Wildman–Crippen MR) is 213 cm³/mol. The van der Waals surface area contributed by atoms with Crippen molar-refractivity contribution in [1.82, 2.24) is 4.57 Å². The molecule has 0 radical (unpaired) electrons. The van der Waals surface area contributed by atoms with E-state index in [1.807, 2.05) is 0 Å². The molecule has 10 aromatic rings. The lowest BCUT2D eigenvalue weighted by atomic mass is 9.87. The van der Waals surface area contributed by atoms with Crippen molar-refractivity contribution in [1.29, 1.82) is 0 Å². The molecular weight excluding hydrogens is 607 g/mol. The van der Waals surface area contributed by atoms with Gasteiger partial charge >= 0.3 is 0 Å². The number of benzene rings is 8. The van der Waals surface area contributed by atoms with E-state index >= 15 is 0 Å². The molecule has 0 saturated heterocycles. The lowest BCUT2D eigenvalue weighted by Crippen LogP contribution is -2.21. The van der Waals surface area contributed by atoms with Gasteiger partial charge in [0.05, 0.1) is 0 Å². The van der Waals surface area contributed by atoms with Crippen molar-refractivity contribution in [2.75, 3.05) is 0 Å². The number of hydrogen-bond donors (Lipinski definition) is 0. The Kier molecular flexibility index (Phi) is 6.17. The highest BCUT2D eigenvalue weighted by atomic mass is 16.3. The van der Waals surface area contributed by atoms with Gasteiger partial charge < -0.3 is 8.98 Å². The maximum Gasteiger partial charge on any atom is 0.144 e. The number of hydrogen-bond acceptors (Lipinski definition) is 1. The second-order valence-electron chi connectivity index (χ2n) is 14.5. The van der Waals surface area contributed by atoms with E-state index < -0.39 is 0 Å². The maximum absolute atomic E-state index is 6.90. The molecule has 2 nitrogen and oxygen atoms in total. The van der Waals surface area contributed by atoms with Crippen LogP contribution in [-0.4, -0.2) is 4.57 Å². The summed E-state index contributed by atoms with van der Waals surface area (Å²) in [4.78, 5) is 0. The minimum atomic E-state index is -0.0631. The molecule has 10 rings (SSSR count). The van der Waals surface area contributed by atoms with Gasteiger partial charge in [-0.1, -0.05) is 133 Å². The molecule has 0 atom stereocenters. The molecule has 0 aliphatic carbocycles. The third-order valence-electron chi connectivity index (χ3n) is 10.4. The lowest BCUT2D eigenvalue weighted by Gasteiger charge is -2.24. The van der Waals surface area contributed by atoms with Gasteiger partial charge in [-0.15, -0.1) is 0 Å². The van der Waals surface area contributed by atoms with Gasteiger partial charge in [-0.05, 0) is 88.8 Å². The molecule has 0 saturated carbocycles. The first-order valence-electron chi connectivity index (χ1n) is 17.4. The minimum Gasteiger partial charge on any atom is -0.455 e. The number of rotatable bonds is 3. The van der Waals surface area contributed by atoms with Crippen LogP contribution < -0.4 is 0 Å². The summed E-state index contributed by atoms with van der Waals surface area (Å²) in [6.45, 7) is 6.85. The van der Waals surface area contributed by atoms with Gasteiger partial charge in [0.25, 0.3) is 0 Å². The Hall–Kier alpha value is -6.12. The lowest BCUT2D eigenvalue weighted by molar-refractivity contribution is 0.423. The molecule has 0 bridgehead atoms. The largest absolute Gasteiger partial charge is 0.455 e. The number of nitrogens with zero attached hydrogens (tertiary/aromatic N) is 1. The Balaban J connectivity index is 1.25. The van der Waals surface area contributed by atoms with Crippen LogP contribution in [0.1, 0.15) is 20.8 Å². The Bertz CT molecular complexity index is 2940. The molecule has 0 spiro atoms. The molecule has 2 aromatic heterocycles. The summed E-state index contributed by atoms with van der Waals surface area (Å²) in [7, 11) is 0. The van der Waals surface area contributed by atoms with Crippen molar-refractivity contribution >= 4 is 65.3 Å². The quantitative estimate of drug-likeness (QED) is 0.188. The van der Waals surface area contributed by atoms with E-state index in [9.17, 15) is 0 Å². The molecule has 0 amide bonds. The highest BCUT2D eigenvalue weighted by Crippen LogP contribution is 2.48. The molecule has 0 fully saturated rings. The van der Waals surface area contributed by atoms with Crippen molar-refractivity contribution in [3.8, 4) is 33.4 Å². The first-order chi connectivity index (χ1) is 24.5. The monoisotopic (exact) mass is 641 g/mol. The Morgan fingerprint density at radius 1 is 0.440 bits per heavy atom. The molecule has 2 heteroatoms. The Morgan fingerprint density at radius 3 is 1.80 bits per heavy atom. The van der Waals surface area contributed by atoms with Crippen LogP contribution in [0.3, 0.4) is 0 Å². The third-order valence-corrected chi connectivity index (χ3v) is 10.4. The van der Waals surface area contributed by atoms with Gasteiger partial charge in [-0.3, -0.25) is 0 Å². The van der Waals surface area contributed by atoms with E-state index in [1.54, 1.807) is 0 Å². The summed E-state index contributed by atoms with van der Waals surface area (Å²) in [5.74, 6) is 0. The summed E-state index contributed by atoms with van der Waals surface area (Å²) in [6, 6.07) is 57.4. The summed E-state index contributed by atoms with van der Waals surface area (Å²) >= 11 is 0. The van der Waals surface area contributed by atoms with Crippen LogP contribution in [0.25, 0.3) is 98.7 Å². The number of aromatic nitrogens is 1. The fourth-order valence-corrected chi connectivity index (χ4v) is 8.38. The zero-order chi connectivity index (χ0) is 33.6. The van der Waals surface area contributed by atoms with Crippen LogP contribution in [0.4, 0.5) is 0 Å². The van der Waals surface area contributed by atoms with Crippen molar-refractivity contribution < 1.29 is 4.42 Å². The van der Waals surface area contributed by atoms with E-state index in [-0.39, 0.29) is 5.54 Å². The molecular formula is C48H35NO. The fraction of sp³-hybridized carbons (Fsp3) is 0.0833. The zero-order valence-corrected chi connectivity index (χ0v) is 28.4. The Morgan fingerprint density at radius 2 is 1.02 bits per heavy atom. The maximum atomic E-state index is 6.90. The average Bonchev–Trinajstić information content (AvgIpc) is 3.69. The molecule has 0 N–H and O–H groups in total. The van der Waals surface area contributed by atoms with Crippen LogP contribution in [-0.2, 0) is 5.54 Å². The van der Waals surface area contributed by atoms with Gasteiger partial charge in [0.1, 0.15) is 11.2 Å². The van der Waals surface area contributed by atoms with Crippen LogP contribution in [0.5, 0.6) is 0 Å². The summed E-state index contributed by atoms with van der Waals surface area (Å²) in [5.41, 5.74) is 11.4. The summed E-state index contributed by atoms with van der Waals surface area (Å²) in [5, 5.41) is 9.74. The van der Waals surface area contributed by atoms with Gasteiger partial charge in [0.2, 0.25) is 0 Å². The first kappa shape index (κ1) is 28.9. The molecule has 2 heterocycles. The minimum absolute atomic E-state index is 0.0631. The number of para-hydroxylation sites is 2. The molecule has 8 aromatic carbocycles. The van der Waals surface area contributed by atoms with E-state index in [2.05, 4.69) is 183 Å². The smallest absolute Gasteiger partial charge is 0.144 e. The van der Waals surface area contributed by atoms with Gasteiger partial charge in [-0.25, -0.2) is 0 Å². The molecule has 0 aliphatic heterocycles. The second-order valence-corrected chi connectivity index (χ2v) is 14.5. The Labute approximate surface area is 290 Å². The molecule has 0 aliphatic rings. The zero-order valence-electron chi connectivity index (χ0n) is 28.4. The second kappa shape index (κ2) is 10.7. The van der Waals surface area contributed by atoms with E-state index in [4.69, 9.17) is 4.42 Å². The number of fused-ring (bicyclic) bond motifs is 8. The van der Waals surface area contributed by atoms with Crippen molar-refractivity contribution in [2.45, 2.75) is 26.3 Å². The first-order valence-corrected chi connectivity index (χ1v) is 17.4. The normalized spacial score (nSPS) is 12.3. The molecule has 50 heavy (non-hydrogen) atoms. The summed E-state index contributed by atoms with van der Waals surface area (Å²) in [6.07, 6.45) is 0. The van der Waals surface area contributed by atoms with Gasteiger partial charge in [0, 0.05) is 49.2 Å². The SMILES string of the molecule is CC(C)(C)n1c2ccccc2c2cc(-c3c4ccccc4c(-c4ccc(-c5cccc6ccccc56)cc4)c4c3oc3ccccc34)ccc21. The molecule has 0 unspecified atom stereocenters. The third kappa shape index (κ3) is 4.21. The number of furan rings is 1. The van der Waals surface area contributed by atoms with Crippen LogP contribution in [0.15, 0.2) is 162 Å². The van der Waals surface area contributed by atoms with Crippen LogP contribution in [0.2, 0.25) is 0 Å². The highest BCUT2D eigenvalue weighted by molar-refractivity contribution is 6.27. The van der Waals surface area contributed by atoms with E-state index in [1.165, 1.54) is 65.6 Å². The standard InChI is InChI=1S/C48H35NO/c1-48(2,3)49-41-21-10-8-16-36(41)40-29-33(27-28-42(40)49)45-38-18-7-6-17-37(38)44(46-39-19-9-11-22-43(39)50-47(45)46)32-25-23-31(24-26-32)35-20-12-14-30-13-4-5-15-34(30)35/h4-29H,1-3H3. The van der Waals surface area contributed by atoms with E-state index in [0.29, 0.717) is 0 Å². The van der Waals surface area contributed by atoms with Gasteiger partial charge in [0.15, 0.2) is 0 Å². The van der Waals surface area contributed by atoms with E-state index in [0.717, 1.165) is 33.1 Å². The van der Waals surface area contributed by atoms with Gasteiger partial charge in [-0.2, -0.15) is 0 Å².